The molecule has 2 aliphatic rings. The molecule has 0 radical (unpaired) electrons. The molecule has 0 heterocycles. The Morgan fingerprint density at radius 1 is 1.29 bits per heavy atom. The maximum Gasteiger partial charge on any atom is 0.434 e. The second kappa shape index (κ2) is 10.6. The molecule has 3 rings (SSSR count). The van der Waals surface area contributed by atoms with Crippen LogP contribution in [0, 0.1) is 23.1 Å². The summed E-state index contributed by atoms with van der Waals surface area (Å²) in [7, 11) is 0. The summed E-state index contributed by atoms with van der Waals surface area (Å²) in [5, 5.41) is 4.97. The van der Waals surface area contributed by atoms with Gasteiger partial charge in [-0.15, -0.1) is 0 Å². The van der Waals surface area contributed by atoms with Crippen molar-refractivity contribution in [3.8, 4) is 0 Å². The van der Waals surface area contributed by atoms with Gasteiger partial charge < -0.3 is 10.1 Å². The summed E-state index contributed by atoms with van der Waals surface area (Å²) in [6, 6.07) is 2.06. The lowest BCUT2D eigenvalue weighted by Crippen LogP contribution is -2.41. The number of nitrogens with one attached hydrogen (secondary N) is 1. The summed E-state index contributed by atoms with van der Waals surface area (Å²) in [6.07, 6.45) is 3.65. The number of ether oxygens (including phenoxy) is 1. The molecule has 1 N–H and O–H groups in total. The lowest BCUT2D eigenvalue weighted by atomic mass is 9.76. The van der Waals surface area contributed by atoms with Crippen LogP contribution in [0.1, 0.15) is 77.8 Å². The second-order valence-corrected chi connectivity index (χ2v) is 11.6. The van der Waals surface area contributed by atoms with E-state index in [1.54, 1.807) is 20.8 Å². The summed E-state index contributed by atoms with van der Waals surface area (Å²) < 4.78 is 20.3. The maximum atomic E-state index is 15.0. The van der Waals surface area contributed by atoms with Gasteiger partial charge in [0, 0.05) is 23.1 Å². The van der Waals surface area contributed by atoms with Crippen molar-refractivity contribution in [2.45, 2.75) is 77.9 Å². The zero-order chi connectivity index (χ0) is 25.3. The van der Waals surface area contributed by atoms with Gasteiger partial charge in [0.05, 0.1) is 16.1 Å². The van der Waals surface area contributed by atoms with Crippen LogP contribution in [0.15, 0.2) is 17.1 Å². The first-order valence-corrected chi connectivity index (χ1v) is 12.8. The third kappa shape index (κ3) is 6.16. The van der Waals surface area contributed by atoms with Crippen LogP contribution in [0.3, 0.4) is 0 Å². The van der Waals surface area contributed by atoms with Crippen LogP contribution in [0.25, 0.3) is 0 Å². The van der Waals surface area contributed by atoms with Crippen molar-refractivity contribution in [2.24, 2.45) is 22.2 Å². The average molecular weight is 530 g/mol. The number of nitrogens with zero attached hydrogens (tertiary/aromatic N) is 1. The van der Waals surface area contributed by atoms with Crippen LogP contribution in [0.2, 0.25) is 10.0 Å². The van der Waals surface area contributed by atoms with E-state index in [4.69, 9.17) is 40.2 Å². The highest BCUT2D eigenvalue weighted by Gasteiger charge is 2.43. The van der Waals surface area contributed by atoms with E-state index in [0.29, 0.717) is 12.1 Å². The van der Waals surface area contributed by atoms with E-state index in [0.717, 1.165) is 25.7 Å². The SMILES string of the molecule is CC(C)(C)OC(=O)/N=C1\CC(C(=O)N[C@H](c2c(F)ccc(Cl)c2Cl)C2(C)CCCC2)C[C@@H]1C=S. The Hall–Kier alpha value is -1.57. The summed E-state index contributed by atoms with van der Waals surface area (Å²) in [6.45, 7) is 7.33. The zero-order valence-corrected chi connectivity index (χ0v) is 22.2. The number of aliphatic imine (C=N–C) groups is 1. The predicted octanol–water partition coefficient (Wildman–Crippen LogP) is 7.27. The smallest absolute Gasteiger partial charge is 0.434 e. The van der Waals surface area contributed by atoms with Crippen molar-refractivity contribution in [3.63, 3.8) is 0 Å². The highest BCUT2D eigenvalue weighted by molar-refractivity contribution is 7.79. The Balaban J connectivity index is 1.86. The molecule has 5 nitrogen and oxygen atoms in total. The quantitative estimate of drug-likeness (QED) is 0.322. The molecule has 186 valence electrons. The number of benzene rings is 1. The van der Waals surface area contributed by atoms with E-state index in [2.05, 4.69) is 10.3 Å². The Labute approximate surface area is 215 Å². The molecule has 2 aliphatic carbocycles. The number of halogens is 3. The lowest BCUT2D eigenvalue weighted by Gasteiger charge is -2.36. The minimum absolute atomic E-state index is 0.121. The Morgan fingerprint density at radius 3 is 2.53 bits per heavy atom. The monoisotopic (exact) mass is 528 g/mol. The number of carbonyl (C=O) groups is 2. The Bertz CT molecular complexity index is 1000. The van der Waals surface area contributed by atoms with Gasteiger partial charge in [-0.3, -0.25) is 4.79 Å². The molecule has 1 aromatic rings. The molecule has 1 aromatic carbocycles. The molecule has 2 saturated carbocycles. The minimum Gasteiger partial charge on any atom is -0.442 e. The molecular weight excluding hydrogens is 498 g/mol. The third-order valence-corrected chi connectivity index (χ3v) is 7.83. The molecule has 9 heteroatoms. The van der Waals surface area contributed by atoms with Crippen LogP contribution in [0.5, 0.6) is 0 Å². The number of thiocarbonyl (C=S) groups is 1. The van der Waals surface area contributed by atoms with E-state index in [-0.39, 0.29) is 39.3 Å². The van der Waals surface area contributed by atoms with Gasteiger partial charge in [-0.25, -0.2) is 9.18 Å². The van der Waals surface area contributed by atoms with Crippen molar-refractivity contribution >= 4 is 58.5 Å². The van der Waals surface area contributed by atoms with Crippen LogP contribution in [0.4, 0.5) is 9.18 Å². The molecule has 2 fully saturated rings. The molecule has 0 saturated heterocycles. The highest BCUT2D eigenvalue weighted by atomic mass is 35.5. The third-order valence-electron chi connectivity index (χ3n) is 6.68. The molecule has 0 aromatic heterocycles. The van der Waals surface area contributed by atoms with Gasteiger partial charge in [-0.2, -0.15) is 4.99 Å². The van der Waals surface area contributed by atoms with Crippen LogP contribution in [-0.2, 0) is 9.53 Å². The fourth-order valence-electron chi connectivity index (χ4n) is 4.93. The predicted molar refractivity (Wildman–Crippen MR) is 137 cm³/mol. The topological polar surface area (TPSA) is 67.8 Å². The fourth-order valence-corrected chi connectivity index (χ4v) is 5.62. The standard InChI is InChI=1S/C25H31Cl2FN2O3S/c1-24(2,3)33-23(32)29-18-12-14(11-15(18)13-34)22(31)30-21(25(4)9-5-6-10-25)19-17(28)8-7-16(26)20(19)27/h7-8,13-15,21H,5-6,9-12H2,1-4H3,(H,30,31)/b29-18+/t14?,15-,21-/m1/s1. The maximum absolute atomic E-state index is 15.0. The minimum atomic E-state index is -0.700. The van der Waals surface area contributed by atoms with E-state index < -0.39 is 29.5 Å². The molecular formula is C25H31Cl2FN2O3S. The van der Waals surface area contributed by atoms with Crippen molar-refractivity contribution < 1.29 is 18.7 Å². The summed E-state index contributed by atoms with van der Waals surface area (Å²) in [5.74, 6) is -1.49. The summed E-state index contributed by atoms with van der Waals surface area (Å²) in [4.78, 5) is 29.7. The Morgan fingerprint density at radius 2 is 1.94 bits per heavy atom. The van der Waals surface area contributed by atoms with Crippen LogP contribution < -0.4 is 5.32 Å². The number of carbonyl (C=O) groups excluding carboxylic acids is 2. The largest absolute Gasteiger partial charge is 0.442 e. The van der Waals surface area contributed by atoms with E-state index in [1.807, 2.05) is 6.92 Å². The molecule has 2 amide bonds. The first-order valence-electron chi connectivity index (χ1n) is 11.5. The van der Waals surface area contributed by atoms with E-state index in [1.165, 1.54) is 17.5 Å². The van der Waals surface area contributed by atoms with Gasteiger partial charge in [-0.05, 0) is 69.4 Å². The number of hydrogen-bond donors (Lipinski definition) is 1. The first-order chi connectivity index (χ1) is 15.8. The molecule has 34 heavy (non-hydrogen) atoms. The average Bonchev–Trinajstić information content (AvgIpc) is 3.35. The van der Waals surface area contributed by atoms with Gasteiger partial charge in [-0.1, -0.05) is 55.2 Å². The van der Waals surface area contributed by atoms with Gasteiger partial charge in [0.1, 0.15) is 11.4 Å². The lowest BCUT2D eigenvalue weighted by molar-refractivity contribution is -0.126. The van der Waals surface area contributed by atoms with E-state index >= 15 is 4.39 Å². The zero-order valence-electron chi connectivity index (χ0n) is 19.9. The number of hydrogen-bond acceptors (Lipinski definition) is 4. The normalized spacial score (nSPS) is 24.1. The molecule has 0 aliphatic heterocycles. The summed E-state index contributed by atoms with van der Waals surface area (Å²) in [5.41, 5.74) is -0.284. The summed E-state index contributed by atoms with van der Waals surface area (Å²) >= 11 is 17.8. The molecule has 0 spiro atoms. The van der Waals surface area contributed by atoms with Crippen molar-refractivity contribution in [1.29, 1.82) is 0 Å². The molecule has 1 unspecified atom stereocenters. The van der Waals surface area contributed by atoms with Gasteiger partial charge >= 0.3 is 6.09 Å². The number of rotatable bonds is 5. The van der Waals surface area contributed by atoms with Crippen LogP contribution in [-0.4, -0.2) is 28.7 Å². The second-order valence-electron chi connectivity index (χ2n) is 10.5. The van der Waals surface area contributed by atoms with Crippen molar-refractivity contribution in [1.82, 2.24) is 5.32 Å². The van der Waals surface area contributed by atoms with Crippen LogP contribution >= 0.6 is 35.4 Å². The first kappa shape index (κ1) is 27.0. The van der Waals surface area contributed by atoms with E-state index in [9.17, 15) is 9.59 Å². The van der Waals surface area contributed by atoms with Crippen molar-refractivity contribution in [2.75, 3.05) is 0 Å². The van der Waals surface area contributed by atoms with Gasteiger partial charge in [0.25, 0.3) is 0 Å². The van der Waals surface area contributed by atoms with Crippen molar-refractivity contribution in [3.05, 3.63) is 33.6 Å². The van der Waals surface area contributed by atoms with Gasteiger partial charge in [0.15, 0.2) is 0 Å². The number of amides is 2. The molecule has 0 bridgehead atoms. The molecule has 3 atom stereocenters. The fraction of sp³-hybridized carbons (Fsp3) is 0.600. The van der Waals surface area contributed by atoms with Gasteiger partial charge in [0.2, 0.25) is 5.91 Å². The Kier molecular flexibility index (Phi) is 8.42. The highest BCUT2D eigenvalue weighted by Crippen LogP contribution is 2.50.